The first-order valence-electron chi connectivity index (χ1n) is 11.6. The number of piperidine rings is 1. The van der Waals surface area contributed by atoms with Gasteiger partial charge in [-0.15, -0.1) is 11.8 Å². The quantitative estimate of drug-likeness (QED) is 0.653. The van der Waals surface area contributed by atoms with E-state index in [4.69, 9.17) is 4.74 Å². The Morgan fingerprint density at radius 2 is 1.79 bits per heavy atom. The minimum absolute atomic E-state index is 0.0746. The third-order valence-electron chi connectivity index (χ3n) is 6.61. The number of likely N-dealkylation sites (tertiary alicyclic amines) is 1. The van der Waals surface area contributed by atoms with E-state index in [9.17, 15) is 9.59 Å². The van der Waals surface area contributed by atoms with Gasteiger partial charge in [0.1, 0.15) is 6.04 Å². The fraction of sp³-hybridized carbons (Fsp3) is 0.462. The standard InChI is InChI=1S/C26H33N3O3S/c1-25(2,27)24(31)28-21(17-32-16-19-8-4-3-5-9-19)23(30)29-14-12-26(13-15-29)18-33-22-11-7-6-10-20(22)26/h3-11,21H,12-18,27H2,1-2H3,(H,28,31)/p+1/t21-/m1/s1. The molecule has 0 saturated carbocycles. The minimum atomic E-state index is -0.825. The Balaban J connectivity index is 1.40. The summed E-state index contributed by atoms with van der Waals surface area (Å²) in [7, 11) is 0. The summed E-state index contributed by atoms with van der Waals surface area (Å²) in [5.41, 5.74) is 5.70. The van der Waals surface area contributed by atoms with Crippen LogP contribution in [0.4, 0.5) is 0 Å². The summed E-state index contributed by atoms with van der Waals surface area (Å²) in [6.07, 6.45) is 1.88. The van der Waals surface area contributed by atoms with E-state index in [0.29, 0.717) is 19.7 Å². The van der Waals surface area contributed by atoms with Gasteiger partial charge in [-0.25, -0.2) is 0 Å². The number of fused-ring (bicyclic) bond motifs is 2. The average Bonchev–Trinajstić information content (AvgIpc) is 3.16. The topological polar surface area (TPSA) is 86.3 Å². The number of nitrogens with one attached hydrogen (secondary N) is 1. The molecule has 6 nitrogen and oxygen atoms in total. The fourth-order valence-electron chi connectivity index (χ4n) is 4.51. The molecule has 4 rings (SSSR count). The molecular formula is C26H34N3O3S+. The highest BCUT2D eigenvalue weighted by atomic mass is 32.2. The predicted octanol–water partition coefficient (Wildman–Crippen LogP) is 2.37. The van der Waals surface area contributed by atoms with Crippen LogP contribution in [-0.2, 0) is 26.3 Å². The lowest BCUT2D eigenvalue weighted by Gasteiger charge is -2.40. The van der Waals surface area contributed by atoms with Crippen LogP contribution in [0.15, 0.2) is 59.5 Å². The Hall–Kier alpha value is -2.35. The molecule has 0 radical (unpaired) electrons. The molecule has 1 atom stereocenters. The normalized spacial score (nSPS) is 18.1. The predicted molar refractivity (Wildman–Crippen MR) is 130 cm³/mol. The van der Waals surface area contributed by atoms with Gasteiger partial charge in [-0.3, -0.25) is 9.59 Å². The van der Waals surface area contributed by atoms with Crippen molar-refractivity contribution in [2.24, 2.45) is 0 Å². The van der Waals surface area contributed by atoms with Gasteiger partial charge in [0.15, 0.2) is 5.54 Å². The summed E-state index contributed by atoms with van der Waals surface area (Å²) in [6.45, 7) is 5.39. The van der Waals surface area contributed by atoms with Crippen molar-refractivity contribution in [3.63, 3.8) is 0 Å². The third-order valence-corrected chi connectivity index (χ3v) is 7.97. The maximum absolute atomic E-state index is 13.5. The van der Waals surface area contributed by atoms with Crippen LogP contribution in [0, 0.1) is 0 Å². The number of hydrogen-bond donors (Lipinski definition) is 2. The van der Waals surface area contributed by atoms with Crippen LogP contribution in [0.5, 0.6) is 0 Å². The second-order valence-electron chi connectivity index (χ2n) is 9.80. The first-order valence-corrected chi connectivity index (χ1v) is 12.6. The molecule has 0 aromatic heterocycles. The number of benzene rings is 2. The van der Waals surface area contributed by atoms with Gasteiger partial charge in [-0.1, -0.05) is 48.5 Å². The van der Waals surface area contributed by atoms with Gasteiger partial charge in [-0.2, -0.15) is 0 Å². The monoisotopic (exact) mass is 468 g/mol. The van der Waals surface area contributed by atoms with Crippen molar-refractivity contribution < 1.29 is 20.1 Å². The second-order valence-corrected chi connectivity index (χ2v) is 10.8. The zero-order valence-electron chi connectivity index (χ0n) is 19.5. The van der Waals surface area contributed by atoms with Gasteiger partial charge in [0, 0.05) is 29.2 Å². The van der Waals surface area contributed by atoms with Crippen molar-refractivity contribution in [1.29, 1.82) is 0 Å². The van der Waals surface area contributed by atoms with E-state index in [1.54, 1.807) is 13.8 Å². The molecule has 7 heteroatoms. The number of hydrogen-bond acceptors (Lipinski definition) is 4. The van der Waals surface area contributed by atoms with Crippen molar-refractivity contribution in [3.8, 4) is 0 Å². The summed E-state index contributed by atoms with van der Waals surface area (Å²) >= 11 is 1.92. The average molecular weight is 469 g/mol. The lowest BCUT2D eigenvalue weighted by atomic mass is 9.74. The van der Waals surface area contributed by atoms with Gasteiger partial charge in [-0.05, 0) is 43.9 Å². The van der Waals surface area contributed by atoms with Crippen molar-refractivity contribution in [2.45, 2.75) is 55.2 Å². The zero-order chi connectivity index (χ0) is 23.5. The van der Waals surface area contributed by atoms with Gasteiger partial charge < -0.3 is 20.7 Å². The van der Waals surface area contributed by atoms with Crippen LogP contribution >= 0.6 is 11.8 Å². The van der Waals surface area contributed by atoms with Crippen LogP contribution in [0.2, 0.25) is 0 Å². The Labute approximate surface area is 200 Å². The highest BCUT2D eigenvalue weighted by molar-refractivity contribution is 7.99. The lowest BCUT2D eigenvalue weighted by molar-refractivity contribution is -0.446. The van der Waals surface area contributed by atoms with Crippen LogP contribution in [0.3, 0.4) is 0 Å². The third kappa shape index (κ3) is 5.42. The molecule has 0 aliphatic carbocycles. The van der Waals surface area contributed by atoms with Crippen molar-refractivity contribution >= 4 is 23.6 Å². The number of thioether (sulfide) groups is 1. The molecule has 1 fully saturated rings. The summed E-state index contributed by atoms with van der Waals surface area (Å²) in [4.78, 5) is 29.4. The summed E-state index contributed by atoms with van der Waals surface area (Å²) in [5, 5.41) is 2.90. The molecule has 2 aromatic rings. The van der Waals surface area contributed by atoms with Crippen molar-refractivity contribution in [2.75, 3.05) is 25.4 Å². The number of ether oxygens (including phenoxy) is 1. The largest absolute Gasteiger partial charge is 0.374 e. The van der Waals surface area contributed by atoms with E-state index >= 15 is 0 Å². The first-order chi connectivity index (χ1) is 15.8. The summed E-state index contributed by atoms with van der Waals surface area (Å²) < 4.78 is 5.86. The Bertz CT molecular complexity index is 982. The maximum Gasteiger partial charge on any atom is 0.281 e. The first kappa shape index (κ1) is 23.8. The number of carbonyl (C=O) groups excluding carboxylic acids is 2. The number of quaternary nitrogens is 1. The number of nitrogens with zero attached hydrogens (tertiary/aromatic N) is 1. The molecule has 2 heterocycles. The van der Waals surface area contributed by atoms with E-state index in [-0.39, 0.29) is 23.8 Å². The fourth-order valence-corrected chi connectivity index (χ4v) is 6.00. The second kappa shape index (κ2) is 9.87. The molecule has 1 spiro atoms. The minimum Gasteiger partial charge on any atom is -0.374 e. The van der Waals surface area contributed by atoms with Gasteiger partial charge in [0.2, 0.25) is 5.91 Å². The Morgan fingerprint density at radius 1 is 1.12 bits per heavy atom. The molecule has 0 bridgehead atoms. The number of carbonyl (C=O) groups is 2. The highest BCUT2D eigenvalue weighted by Crippen LogP contribution is 2.49. The van der Waals surface area contributed by atoms with Crippen molar-refractivity contribution in [1.82, 2.24) is 10.2 Å². The molecule has 2 aliphatic heterocycles. The Morgan fingerprint density at radius 3 is 2.48 bits per heavy atom. The van der Waals surface area contributed by atoms with Gasteiger partial charge in [0.05, 0.1) is 13.2 Å². The van der Waals surface area contributed by atoms with Crippen molar-refractivity contribution in [3.05, 3.63) is 65.7 Å². The Kier molecular flexibility index (Phi) is 7.12. The maximum atomic E-state index is 13.5. The van der Waals surface area contributed by atoms with E-state index in [2.05, 4.69) is 35.3 Å². The summed E-state index contributed by atoms with van der Waals surface area (Å²) in [6, 6.07) is 17.8. The van der Waals surface area contributed by atoms with E-state index < -0.39 is 11.6 Å². The van der Waals surface area contributed by atoms with E-state index in [1.165, 1.54) is 10.5 Å². The van der Waals surface area contributed by atoms with Crippen LogP contribution < -0.4 is 11.1 Å². The van der Waals surface area contributed by atoms with Crippen LogP contribution in [0.1, 0.15) is 37.8 Å². The lowest BCUT2D eigenvalue weighted by Crippen LogP contribution is -2.76. The zero-order valence-corrected chi connectivity index (χ0v) is 20.3. The number of amides is 2. The molecule has 0 unspecified atom stereocenters. The van der Waals surface area contributed by atoms with E-state index in [0.717, 1.165) is 24.2 Å². The number of rotatable bonds is 7. The van der Waals surface area contributed by atoms with Gasteiger partial charge >= 0.3 is 0 Å². The molecule has 2 aromatic carbocycles. The highest BCUT2D eigenvalue weighted by Gasteiger charge is 2.43. The smallest absolute Gasteiger partial charge is 0.281 e. The molecule has 4 N–H and O–H groups in total. The molecular weight excluding hydrogens is 434 g/mol. The SMILES string of the molecule is CC(C)([NH3+])C(=O)N[C@H](COCc1ccccc1)C(=O)N1CCC2(CC1)CSc1ccccc12. The van der Waals surface area contributed by atoms with E-state index in [1.807, 2.05) is 47.0 Å². The van der Waals surface area contributed by atoms with Crippen LogP contribution in [0.25, 0.3) is 0 Å². The molecule has 1 saturated heterocycles. The molecule has 176 valence electrons. The van der Waals surface area contributed by atoms with Gasteiger partial charge in [0.25, 0.3) is 5.91 Å². The molecule has 2 aliphatic rings. The molecule has 33 heavy (non-hydrogen) atoms. The molecule has 2 amide bonds. The van der Waals surface area contributed by atoms with Crippen LogP contribution in [-0.4, -0.2) is 53.7 Å². The summed E-state index contributed by atoms with van der Waals surface area (Å²) in [5.74, 6) is 0.748.